The summed E-state index contributed by atoms with van der Waals surface area (Å²) in [6.07, 6.45) is -5.35. The van der Waals surface area contributed by atoms with Crippen molar-refractivity contribution >= 4 is 27.3 Å². The lowest BCUT2D eigenvalue weighted by Crippen LogP contribution is -2.32. The van der Waals surface area contributed by atoms with E-state index in [9.17, 15) is 22.2 Å². The molecule has 31 heavy (non-hydrogen) atoms. The number of benzene rings is 2. The second kappa shape index (κ2) is 10.0. The van der Waals surface area contributed by atoms with Gasteiger partial charge in [0.15, 0.2) is 0 Å². The Morgan fingerprint density at radius 3 is 2.26 bits per heavy atom. The number of rotatable bonds is 9. The summed E-state index contributed by atoms with van der Waals surface area (Å²) in [6.45, 7) is 1.86. The van der Waals surface area contributed by atoms with Crippen molar-refractivity contribution in [3.63, 3.8) is 0 Å². The van der Waals surface area contributed by atoms with Gasteiger partial charge in [0.25, 0.3) is 0 Å². The summed E-state index contributed by atoms with van der Waals surface area (Å²) in [7, 11) is -3.39. The van der Waals surface area contributed by atoms with Gasteiger partial charge >= 0.3 is 12.1 Å². The van der Waals surface area contributed by atoms with Crippen molar-refractivity contribution < 1.29 is 27.3 Å². The fourth-order valence-corrected chi connectivity index (χ4v) is 4.90. The lowest BCUT2D eigenvalue weighted by Gasteiger charge is -2.22. The molecule has 0 heterocycles. The fourth-order valence-electron chi connectivity index (χ4n) is 3.22. The molecule has 0 aliphatic rings. The minimum atomic E-state index is -4.58. The molecule has 170 valence electrons. The SMILES string of the molecule is Cc1cc(Cl)ccc1-c1ccc(C(CCS(=N)(=O)CC[C@H](N)C(=O)O)C(F)(F)F)cc1. The van der Waals surface area contributed by atoms with Crippen molar-refractivity contribution in [3.05, 3.63) is 58.6 Å². The van der Waals surface area contributed by atoms with E-state index >= 15 is 0 Å². The predicted molar refractivity (Wildman–Crippen MR) is 116 cm³/mol. The average molecular weight is 477 g/mol. The van der Waals surface area contributed by atoms with Crippen molar-refractivity contribution in [3.8, 4) is 11.1 Å². The Kier molecular flexibility index (Phi) is 8.13. The van der Waals surface area contributed by atoms with Crippen LogP contribution in [-0.4, -0.2) is 39.0 Å². The van der Waals surface area contributed by atoms with Gasteiger partial charge in [0.2, 0.25) is 0 Å². The maximum atomic E-state index is 13.7. The summed E-state index contributed by atoms with van der Waals surface area (Å²) in [4.78, 5) is 10.7. The third kappa shape index (κ3) is 7.22. The van der Waals surface area contributed by atoms with Crippen LogP contribution < -0.4 is 5.73 Å². The van der Waals surface area contributed by atoms with E-state index in [1.165, 1.54) is 12.1 Å². The molecule has 5 nitrogen and oxygen atoms in total. The van der Waals surface area contributed by atoms with Crippen LogP contribution in [0.4, 0.5) is 13.2 Å². The number of carboxylic acid groups (broad SMARTS) is 1. The first-order chi connectivity index (χ1) is 14.3. The largest absolute Gasteiger partial charge is 0.480 e. The highest BCUT2D eigenvalue weighted by Crippen LogP contribution is 2.38. The molecule has 0 spiro atoms. The molecular formula is C21H24ClF3N2O3S. The second-order valence-electron chi connectivity index (χ2n) is 7.42. The standard InChI is InChI=1S/C21H24ClF3N2O3S/c1-13-12-16(22)6-7-17(13)14-2-4-15(5-3-14)18(21(23,24)25)8-10-31(27,30)11-9-19(26)20(28)29/h2-7,12,18-19,27H,8-11,26H2,1H3,(H,28,29)/t18?,19-,31?/m0/s1. The van der Waals surface area contributed by atoms with Crippen LogP contribution in [-0.2, 0) is 14.5 Å². The van der Waals surface area contributed by atoms with Crippen LogP contribution >= 0.6 is 11.6 Å². The van der Waals surface area contributed by atoms with Gasteiger partial charge in [-0.05, 0) is 54.2 Å². The molecule has 2 aromatic carbocycles. The predicted octanol–water partition coefficient (Wildman–Crippen LogP) is 5.20. The van der Waals surface area contributed by atoms with Gasteiger partial charge in [-0.15, -0.1) is 0 Å². The molecule has 2 unspecified atom stereocenters. The second-order valence-corrected chi connectivity index (χ2v) is 10.3. The average Bonchev–Trinajstić information content (AvgIpc) is 2.66. The molecule has 0 saturated heterocycles. The number of nitrogens with one attached hydrogen (secondary N) is 1. The zero-order valence-corrected chi connectivity index (χ0v) is 18.4. The van der Waals surface area contributed by atoms with Crippen molar-refractivity contribution in [2.45, 2.75) is 37.9 Å². The van der Waals surface area contributed by atoms with Gasteiger partial charge < -0.3 is 10.8 Å². The topological polar surface area (TPSA) is 104 Å². The zero-order valence-electron chi connectivity index (χ0n) is 16.8. The van der Waals surface area contributed by atoms with E-state index in [2.05, 4.69) is 0 Å². The number of halogens is 4. The number of carbonyl (C=O) groups is 1. The Bertz CT molecular complexity index is 1030. The number of alkyl halides is 3. The number of aryl methyl sites for hydroxylation is 1. The first-order valence-corrected chi connectivity index (χ1v) is 11.7. The molecule has 0 fully saturated rings. The Morgan fingerprint density at radius 2 is 1.74 bits per heavy atom. The smallest absolute Gasteiger partial charge is 0.395 e. The molecule has 3 atom stereocenters. The Balaban J connectivity index is 2.17. The van der Waals surface area contributed by atoms with E-state index in [-0.39, 0.29) is 17.7 Å². The quantitative estimate of drug-likeness (QED) is 0.462. The van der Waals surface area contributed by atoms with Gasteiger partial charge in [0.1, 0.15) is 6.04 Å². The van der Waals surface area contributed by atoms with Gasteiger partial charge in [0.05, 0.1) is 5.92 Å². The third-order valence-electron chi connectivity index (χ3n) is 5.02. The molecule has 2 aromatic rings. The molecule has 10 heteroatoms. The van der Waals surface area contributed by atoms with Crippen LogP contribution in [0.5, 0.6) is 0 Å². The summed E-state index contributed by atoms with van der Waals surface area (Å²) in [5.41, 5.74) is 7.82. The summed E-state index contributed by atoms with van der Waals surface area (Å²) in [6, 6.07) is 9.92. The number of hydrogen-bond donors (Lipinski definition) is 3. The van der Waals surface area contributed by atoms with Crippen molar-refractivity contribution in [1.29, 1.82) is 4.78 Å². The van der Waals surface area contributed by atoms with Crippen LogP contribution in [0.3, 0.4) is 0 Å². The van der Waals surface area contributed by atoms with Gasteiger partial charge in [-0.1, -0.05) is 41.9 Å². The fraction of sp³-hybridized carbons (Fsp3) is 0.381. The molecule has 0 amide bonds. The Hall–Kier alpha value is -2.10. The Labute approximate surface area is 184 Å². The van der Waals surface area contributed by atoms with E-state index in [1.807, 2.05) is 6.92 Å². The van der Waals surface area contributed by atoms with E-state index in [4.69, 9.17) is 27.2 Å². The lowest BCUT2D eigenvalue weighted by molar-refractivity contribution is -0.150. The highest BCUT2D eigenvalue weighted by atomic mass is 35.5. The third-order valence-corrected chi connectivity index (χ3v) is 7.05. The molecule has 0 aromatic heterocycles. The Morgan fingerprint density at radius 1 is 1.16 bits per heavy atom. The first kappa shape index (κ1) is 25.2. The molecule has 0 saturated carbocycles. The van der Waals surface area contributed by atoms with Gasteiger partial charge in [-0.3, -0.25) is 9.57 Å². The van der Waals surface area contributed by atoms with Crippen molar-refractivity contribution in [2.75, 3.05) is 11.5 Å². The molecule has 0 bridgehead atoms. The van der Waals surface area contributed by atoms with Crippen LogP contribution in [0.15, 0.2) is 42.5 Å². The maximum Gasteiger partial charge on any atom is 0.395 e. The van der Waals surface area contributed by atoms with Gasteiger partial charge in [-0.2, -0.15) is 13.2 Å². The van der Waals surface area contributed by atoms with Gasteiger partial charge in [-0.25, -0.2) is 4.21 Å². The van der Waals surface area contributed by atoms with Crippen LogP contribution in [0.1, 0.15) is 29.9 Å². The molecule has 0 radical (unpaired) electrons. The van der Waals surface area contributed by atoms with Gasteiger partial charge in [0, 0.05) is 26.3 Å². The van der Waals surface area contributed by atoms with Crippen LogP contribution in [0, 0.1) is 11.7 Å². The van der Waals surface area contributed by atoms with Crippen molar-refractivity contribution in [2.24, 2.45) is 5.73 Å². The highest BCUT2D eigenvalue weighted by Gasteiger charge is 2.40. The van der Waals surface area contributed by atoms with Crippen molar-refractivity contribution in [1.82, 2.24) is 0 Å². The molecule has 0 aliphatic heterocycles. The normalized spacial score (nSPS) is 15.8. The summed E-state index contributed by atoms with van der Waals surface area (Å²) >= 11 is 5.95. The van der Waals surface area contributed by atoms with E-state index in [0.29, 0.717) is 5.02 Å². The highest BCUT2D eigenvalue weighted by molar-refractivity contribution is 7.92. The van der Waals surface area contributed by atoms with Crippen LogP contribution in [0.2, 0.25) is 5.02 Å². The lowest BCUT2D eigenvalue weighted by atomic mass is 9.93. The zero-order chi connectivity index (χ0) is 23.4. The molecule has 2 rings (SSSR count). The number of aliphatic carboxylic acids is 1. The summed E-state index contributed by atoms with van der Waals surface area (Å²) in [5.74, 6) is -4.05. The van der Waals surface area contributed by atoms with E-state index in [0.717, 1.165) is 16.7 Å². The molecule has 0 aliphatic carbocycles. The first-order valence-electron chi connectivity index (χ1n) is 9.46. The van der Waals surface area contributed by atoms with E-state index in [1.54, 1.807) is 30.3 Å². The van der Waals surface area contributed by atoms with Crippen LogP contribution in [0.25, 0.3) is 11.1 Å². The molecular weight excluding hydrogens is 453 g/mol. The molecule has 4 N–H and O–H groups in total. The minimum Gasteiger partial charge on any atom is -0.480 e. The summed E-state index contributed by atoms with van der Waals surface area (Å²) in [5, 5.41) is 9.32. The monoisotopic (exact) mass is 476 g/mol. The number of nitrogens with two attached hydrogens (primary N) is 1. The number of carboxylic acids is 1. The maximum absolute atomic E-state index is 13.7. The van der Waals surface area contributed by atoms with E-state index < -0.39 is 46.0 Å². The summed E-state index contributed by atoms with van der Waals surface area (Å²) < 4.78 is 61.1. The minimum absolute atomic E-state index is 0.0142. The number of hydrogen-bond acceptors (Lipinski definition) is 4.